The molecule has 0 fully saturated rings. The number of fused-ring (bicyclic) bond motifs is 1. The van der Waals surface area contributed by atoms with Crippen LogP contribution in [0.1, 0.15) is 50.5 Å². The Kier molecular flexibility index (Phi) is 8.69. The maximum Gasteiger partial charge on any atom is 0.273 e. The van der Waals surface area contributed by atoms with Gasteiger partial charge in [0.25, 0.3) is 5.91 Å². The van der Waals surface area contributed by atoms with Crippen molar-refractivity contribution in [2.45, 2.75) is 58.7 Å². The Balaban J connectivity index is 2.32. The first kappa shape index (κ1) is 25.2. The number of aliphatic hydroxyl groups excluding tert-OH is 2. The average molecular weight is 448 g/mol. The number of nitrogens with zero attached hydrogens (tertiary/aromatic N) is 3. The second-order valence-corrected chi connectivity index (χ2v) is 8.69. The minimum absolute atomic E-state index is 0.0585. The molecule has 1 unspecified atom stereocenters. The van der Waals surface area contributed by atoms with Crippen molar-refractivity contribution >= 4 is 22.7 Å². The zero-order chi connectivity index (χ0) is 23.9. The molecule has 0 saturated heterocycles. The predicted molar refractivity (Wildman–Crippen MR) is 116 cm³/mol. The van der Waals surface area contributed by atoms with E-state index in [0.717, 1.165) is 0 Å². The number of carbonyl (C=O) groups is 2. The second-order valence-electron chi connectivity index (χ2n) is 8.69. The number of aryl methyl sites for hydroxylation is 1. The number of nitriles is 1. The van der Waals surface area contributed by atoms with E-state index < -0.39 is 48.3 Å². The fraction of sp³-hybridized carbons (Fsp3) is 0.545. The number of carbonyl (C=O) groups excluding carboxylic acids is 2. The topological polar surface area (TPSA) is 140 Å². The summed E-state index contributed by atoms with van der Waals surface area (Å²) in [6, 6.07) is 4.25. The number of hydrogen-bond donors (Lipinski definition) is 4. The van der Waals surface area contributed by atoms with Crippen LogP contribution in [0, 0.1) is 22.6 Å². The molecule has 0 aliphatic rings. The average Bonchev–Trinajstić information content (AvgIpc) is 3.10. The van der Waals surface area contributed by atoms with Crippen LogP contribution in [0.4, 0.5) is 4.39 Å². The van der Waals surface area contributed by atoms with Gasteiger partial charge in [0.1, 0.15) is 11.9 Å². The Hall–Kier alpha value is -3.03. The molecular formula is C22H30FN5O4. The fourth-order valence-electron chi connectivity index (χ4n) is 3.26. The molecule has 32 heavy (non-hydrogen) atoms. The van der Waals surface area contributed by atoms with Crippen molar-refractivity contribution in [1.82, 2.24) is 20.4 Å². The van der Waals surface area contributed by atoms with Crippen molar-refractivity contribution in [3.63, 3.8) is 0 Å². The number of aromatic nitrogens is 2. The predicted octanol–water partition coefficient (Wildman–Crippen LogP) is 1.48. The summed E-state index contributed by atoms with van der Waals surface area (Å²) in [5, 5.41) is 37.2. The first-order chi connectivity index (χ1) is 15.1. The van der Waals surface area contributed by atoms with Crippen molar-refractivity contribution in [1.29, 1.82) is 5.26 Å². The third-order valence-electron chi connectivity index (χ3n) is 5.03. The standard InChI is InChI=1S/C22H30FN5O4/c1-22(2,3)19(21(32)25-15(12-29)13-30)26-20(31)18-16-8-7-14(23)11-17(16)28(27-18)10-6-4-5-9-24/h7-8,11,15,19,29-30H,4-6,10,12-13H2,1-3H3,(H,25,32)(H,26,31). The van der Waals surface area contributed by atoms with E-state index in [4.69, 9.17) is 5.26 Å². The highest BCUT2D eigenvalue weighted by Gasteiger charge is 2.35. The third-order valence-corrected chi connectivity index (χ3v) is 5.03. The number of aliphatic hydroxyl groups is 2. The second kappa shape index (κ2) is 11.0. The minimum atomic E-state index is -0.980. The van der Waals surface area contributed by atoms with Gasteiger partial charge < -0.3 is 20.8 Å². The number of unbranched alkanes of at least 4 members (excludes halogenated alkanes) is 2. The number of benzene rings is 1. The van der Waals surface area contributed by atoms with Gasteiger partial charge in [-0.25, -0.2) is 4.39 Å². The zero-order valence-electron chi connectivity index (χ0n) is 18.6. The fourth-order valence-corrected chi connectivity index (χ4v) is 3.26. The van der Waals surface area contributed by atoms with Gasteiger partial charge in [0.05, 0.1) is 30.8 Å². The molecule has 9 nitrogen and oxygen atoms in total. The molecule has 4 N–H and O–H groups in total. The number of hydrogen-bond acceptors (Lipinski definition) is 6. The van der Waals surface area contributed by atoms with Crippen molar-refractivity contribution < 1.29 is 24.2 Å². The van der Waals surface area contributed by atoms with Crippen LogP contribution in [0.2, 0.25) is 0 Å². The van der Waals surface area contributed by atoms with Crippen molar-refractivity contribution in [3.05, 3.63) is 29.7 Å². The van der Waals surface area contributed by atoms with Gasteiger partial charge in [0.15, 0.2) is 5.69 Å². The summed E-state index contributed by atoms with van der Waals surface area (Å²) in [6.45, 7) is 4.83. The lowest BCUT2D eigenvalue weighted by atomic mass is 9.85. The molecule has 0 saturated carbocycles. The molecule has 0 aliphatic heterocycles. The van der Waals surface area contributed by atoms with Crippen LogP contribution in [-0.4, -0.2) is 57.1 Å². The van der Waals surface area contributed by atoms with Crippen molar-refractivity contribution in [2.24, 2.45) is 5.41 Å². The van der Waals surface area contributed by atoms with E-state index in [9.17, 15) is 24.2 Å². The molecule has 174 valence electrons. The molecule has 1 aromatic heterocycles. The number of halogens is 1. The molecule has 2 aromatic rings. The smallest absolute Gasteiger partial charge is 0.273 e. The molecule has 10 heteroatoms. The highest BCUT2D eigenvalue weighted by atomic mass is 19.1. The van der Waals surface area contributed by atoms with Gasteiger partial charge in [0.2, 0.25) is 5.91 Å². The Morgan fingerprint density at radius 3 is 2.50 bits per heavy atom. The maximum atomic E-state index is 13.9. The first-order valence-corrected chi connectivity index (χ1v) is 10.5. The summed E-state index contributed by atoms with van der Waals surface area (Å²) >= 11 is 0. The van der Waals surface area contributed by atoms with E-state index in [1.807, 2.05) is 0 Å². The summed E-state index contributed by atoms with van der Waals surface area (Å²) in [6.07, 6.45) is 1.68. The Morgan fingerprint density at radius 1 is 1.22 bits per heavy atom. The summed E-state index contributed by atoms with van der Waals surface area (Å²) < 4.78 is 15.4. The summed E-state index contributed by atoms with van der Waals surface area (Å²) in [5.74, 6) is -1.61. The Bertz CT molecular complexity index is 989. The lowest BCUT2D eigenvalue weighted by Gasteiger charge is -2.31. The lowest BCUT2D eigenvalue weighted by Crippen LogP contribution is -2.56. The normalized spacial score (nSPS) is 12.6. The summed E-state index contributed by atoms with van der Waals surface area (Å²) in [4.78, 5) is 25.9. The van der Waals surface area contributed by atoms with E-state index in [1.54, 1.807) is 20.8 Å². The van der Waals surface area contributed by atoms with Gasteiger partial charge >= 0.3 is 0 Å². The van der Waals surface area contributed by atoms with E-state index in [-0.39, 0.29) is 5.69 Å². The molecule has 0 aliphatic carbocycles. The van der Waals surface area contributed by atoms with Crippen LogP contribution in [0.3, 0.4) is 0 Å². The Labute approximate surface area is 186 Å². The maximum absolute atomic E-state index is 13.9. The van der Waals surface area contributed by atoms with E-state index in [2.05, 4.69) is 21.8 Å². The van der Waals surface area contributed by atoms with Crippen LogP contribution in [0.25, 0.3) is 10.9 Å². The van der Waals surface area contributed by atoms with Gasteiger partial charge in [-0.05, 0) is 36.5 Å². The molecule has 0 spiro atoms. The first-order valence-electron chi connectivity index (χ1n) is 10.5. The van der Waals surface area contributed by atoms with Gasteiger partial charge in [-0.2, -0.15) is 10.4 Å². The van der Waals surface area contributed by atoms with Crippen molar-refractivity contribution in [3.8, 4) is 6.07 Å². The monoisotopic (exact) mass is 447 g/mol. The van der Waals surface area contributed by atoms with Crippen molar-refractivity contribution in [2.75, 3.05) is 13.2 Å². The van der Waals surface area contributed by atoms with Crippen LogP contribution >= 0.6 is 0 Å². The number of rotatable bonds is 10. The Morgan fingerprint density at radius 2 is 1.91 bits per heavy atom. The molecule has 1 atom stereocenters. The number of nitrogens with one attached hydrogen (secondary N) is 2. The molecule has 0 bridgehead atoms. The highest BCUT2D eigenvalue weighted by Crippen LogP contribution is 2.23. The van der Waals surface area contributed by atoms with Crippen LogP contribution in [-0.2, 0) is 11.3 Å². The van der Waals surface area contributed by atoms with Crippen LogP contribution in [0.15, 0.2) is 18.2 Å². The van der Waals surface area contributed by atoms with Gasteiger partial charge in [-0.3, -0.25) is 14.3 Å². The lowest BCUT2D eigenvalue weighted by molar-refractivity contribution is -0.126. The SMILES string of the molecule is CC(C)(C)C(NC(=O)c1nn(CCCCC#N)c2cc(F)ccc12)C(=O)NC(CO)CO. The summed E-state index contributed by atoms with van der Waals surface area (Å²) in [7, 11) is 0. The molecule has 0 radical (unpaired) electrons. The summed E-state index contributed by atoms with van der Waals surface area (Å²) in [5.41, 5.74) is -0.176. The third kappa shape index (κ3) is 6.24. The van der Waals surface area contributed by atoms with E-state index >= 15 is 0 Å². The molecule has 1 heterocycles. The molecule has 2 rings (SSSR count). The largest absolute Gasteiger partial charge is 0.394 e. The van der Waals surface area contributed by atoms with Crippen LogP contribution in [0.5, 0.6) is 0 Å². The highest BCUT2D eigenvalue weighted by molar-refractivity contribution is 6.06. The quantitative estimate of drug-likeness (QED) is 0.407. The van der Waals surface area contributed by atoms with E-state index in [1.165, 1.54) is 22.9 Å². The molecular weight excluding hydrogens is 417 g/mol. The van der Waals surface area contributed by atoms with Crippen LogP contribution < -0.4 is 10.6 Å². The molecule has 2 amide bonds. The zero-order valence-corrected chi connectivity index (χ0v) is 18.6. The molecule has 1 aromatic carbocycles. The number of amides is 2. The van der Waals surface area contributed by atoms with Gasteiger partial charge in [-0.15, -0.1) is 0 Å². The van der Waals surface area contributed by atoms with Gasteiger partial charge in [0, 0.05) is 18.4 Å². The minimum Gasteiger partial charge on any atom is -0.394 e. The van der Waals surface area contributed by atoms with E-state index in [0.29, 0.717) is 36.7 Å². The van der Waals surface area contributed by atoms with Gasteiger partial charge in [-0.1, -0.05) is 20.8 Å².